The number of nitrogens with zero attached hydrogens (tertiary/aromatic N) is 3. The number of aliphatic imine (C=N–C) groups is 1. The van der Waals surface area contributed by atoms with Crippen LogP contribution >= 0.6 is 0 Å². The van der Waals surface area contributed by atoms with Crippen molar-refractivity contribution in [2.45, 2.75) is 12.3 Å². The third-order valence-corrected chi connectivity index (χ3v) is 14.8. The molecule has 5 nitrogen and oxygen atoms in total. The highest BCUT2D eigenvalue weighted by atomic mass is 15.4. The molecule has 0 spiro atoms. The fourth-order valence-corrected chi connectivity index (χ4v) is 11.4. The Bertz CT molecular complexity index is 4180. The van der Waals surface area contributed by atoms with Crippen molar-refractivity contribution < 1.29 is 0 Å². The standard InChI is InChI=1S/C69H49N5/c1-6-22-46(23-7-1)51-32-20-33-52(42-51)54-43-53(47-24-8-2-9-25-47)44-55(45-54)68-70-67(50-30-14-5-15-31-50)71-69(72-68)74-63-39-19-17-35-59(63)61-41-40-60-58-34-16-18-38-62(58)73(65(60)66(61)74)64-56(48-26-10-3-11-27-48)36-21-37-57(64)49-28-12-4-13-29-49/h1-45,67-68,70H,(H,71,72). The molecule has 0 amide bonds. The molecule has 0 aliphatic carbocycles. The van der Waals surface area contributed by atoms with Gasteiger partial charge < -0.3 is 9.88 Å². The van der Waals surface area contributed by atoms with Crippen LogP contribution in [0.15, 0.2) is 278 Å². The van der Waals surface area contributed by atoms with Crippen molar-refractivity contribution in [3.8, 4) is 61.3 Å². The van der Waals surface area contributed by atoms with E-state index in [4.69, 9.17) is 4.99 Å². The van der Waals surface area contributed by atoms with Crippen LogP contribution in [0.25, 0.3) is 105 Å². The minimum absolute atomic E-state index is 0.288. The summed E-state index contributed by atoms with van der Waals surface area (Å²) in [5.41, 5.74) is 19.2. The second-order valence-corrected chi connectivity index (χ2v) is 19.2. The highest BCUT2D eigenvalue weighted by Crippen LogP contribution is 2.45. The van der Waals surface area contributed by atoms with Gasteiger partial charge in [-0.1, -0.05) is 237 Å². The first-order chi connectivity index (χ1) is 36.7. The average Bonchev–Trinajstić information content (AvgIpc) is 4.07. The summed E-state index contributed by atoms with van der Waals surface area (Å²) in [7, 11) is 0. The van der Waals surface area contributed by atoms with Gasteiger partial charge in [-0.25, -0.2) is 4.99 Å². The maximum atomic E-state index is 5.85. The molecule has 74 heavy (non-hydrogen) atoms. The van der Waals surface area contributed by atoms with Crippen molar-refractivity contribution in [1.82, 2.24) is 19.8 Å². The summed E-state index contributed by atoms with van der Waals surface area (Å²) in [6.45, 7) is 0. The zero-order chi connectivity index (χ0) is 49.0. The Balaban J connectivity index is 1.06. The predicted octanol–water partition coefficient (Wildman–Crippen LogP) is 17.0. The van der Waals surface area contributed by atoms with Crippen LogP contribution in [0.2, 0.25) is 0 Å². The molecule has 2 N–H and O–H groups in total. The summed E-state index contributed by atoms with van der Waals surface area (Å²) >= 11 is 0. The number of fused-ring (bicyclic) bond motifs is 7. The van der Waals surface area contributed by atoms with E-state index < -0.39 is 6.17 Å². The molecule has 5 heteroatoms. The van der Waals surface area contributed by atoms with Crippen molar-refractivity contribution >= 4 is 49.6 Å². The Labute approximate surface area is 430 Å². The molecule has 11 aromatic carbocycles. The summed E-state index contributed by atoms with van der Waals surface area (Å²) in [6.07, 6.45) is -0.732. The Hall–Kier alpha value is -9.55. The first-order valence-electron chi connectivity index (χ1n) is 25.4. The van der Waals surface area contributed by atoms with Gasteiger partial charge in [0.25, 0.3) is 0 Å². The quantitative estimate of drug-likeness (QED) is 0.159. The molecular formula is C69H49N5. The number of hydrogen-bond donors (Lipinski definition) is 2. The van der Waals surface area contributed by atoms with Crippen molar-refractivity contribution in [2.24, 2.45) is 4.99 Å². The van der Waals surface area contributed by atoms with Gasteiger partial charge in [-0.2, -0.15) is 0 Å². The van der Waals surface area contributed by atoms with Gasteiger partial charge in [0.15, 0.2) is 0 Å². The van der Waals surface area contributed by atoms with E-state index >= 15 is 0 Å². The number of benzene rings is 11. The van der Waals surface area contributed by atoms with Crippen molar-refractivity contribution in [3.05, 3.63) is 284 Å². The number of rotatable bonds is 8. The second-order valence-electron chi connectivity index (χ2n) is 19.2. The third kappa shape index (κ3) is 7.49. The van der Waals surface area contributed by atoms with Crippen molar-refractivity contribution in [3.63, 3.8) is 0 Å². The van der Waals surface area contributed by atoms with E-state index in [2.05, 4.69) is 293 Å². The van der Waals surface area contributed by atoms with E-state index in [0.29, 0.717) is 0 Å². The summed E-state index contributed by atoms with van der Waals surface area (Å²) in [4.78, 5) is 5.85. The van der Waals surface area contributed by atoms with Gasteiger partial charge in [0.1, 0.15) is 12.3 Å². The van der Waals surface area contributed by atoms with Crippen LogP contribution in [0.4, 0.5) is 0 Å². The average molecular weight is 948 g/mol. The van der Waals surface area contributed by atoms with E-state index in [0.717, 1.165) is 100 Å². The van der Waals surface area contributed by atoms with E-state index in [1.807, 2.05) is 0 Å². The molecule has 13 aromatic rings. The normalized spacial score (nSPS) is 14.6. The van der Waals surface area contributed by atoms with E-state index in [9.17, 15) is 0 Å². The number of nitrogens with one attached hydrogen (secondary N) is 2. The van der Waals surface area contributed by atoms with Crippen LogP contribution in [0.5, 0.6) is 0 Å². The number of aromatic nitrogens is 2. The molecule has 0 bridgehead atoms. The molecule has 0 saturated heterocycles. The number of hydrogen-bond acceptors (Lipinski definition) is 3. The summed E-state index contributed by atoms with van der Waals surface area (Å²) in [5, 5.41) is 12.7. The van der Waals surface area contributed by atoms with Gasteiger partial charge in [0, 0.05) is 32.7 Å². The molecule has 350 valence electrons. The Morgan fingerprint density at radius 1 is 0.311 bits per heavy atom. The maximum absolute atomic E-state index is 5.85. The summed E-state index contributed by atoms with van der Waals surface area (Å²) in [5.74, 6) is 0.760. The van der Waals surface area contributed by atoms with Gasteiger partial charge in [-0.05, 0) is 92.0 Å². The lowest BCUT2D eigenvalue weighted by Gasteiger charge is -2.33. The monoisotopic (exact) mass is 947 g/mol. The highest BCUT2D eigenvalue weighted by molar-refractivity contribution is 6.26. The molecule has 0 radical (unpaired) electrons. The smallest absolute Gasteiger partial charge is 0.206 e. The summed E-state index contributed by atoms with van der Waals surface area (Å²) < 4.78 is 4.95. The molecule has 2 atom stereocenters. The van der Waals surface area contributed by atoms with Gasteiger partial charge in [-0.3, -0.25) is 9.88 Å². The topological polar surface area (TPSA) is 46.3 Å². The molecule has 1 aliphatic heterocycles. The highest BCUT2D eigenvalue weighted by Gasteiger charge is 2.30. The molecule has 2 unspecified atom stereocenters. The molecular weight excluding hydrogens is 899 g/mol. The Morgan fingerprint density at radius 2 is 0.730 bits per heavy atom. The lowest BCUT2D eigenvalue weighted by Crippen LogP contribution is -2.47. The minimum atomic E-state index is -0.444. The molecule has 3 heterocycles. The van der Waals surface area contributed by atoms with Gasteiger partial charge in [0.05, 0.1) is 27.8 Å². The van der Waals surface area contributed by atoms with Crippen LogP contribution in [0.1, 0.15) is 23.5 Å². The first-order valence-corrected chi connectivity index (χ1v) is 25.4. The predicted molar refractivity (Wildman–Crippen MR) is 308 cm³/mol. The van der Waals surface area contributed by atoms with E-state index in [-0.39, 0.29) is 6.17 Å². The lowest BCUT2D eigenvalue weighted by molar-refractivity contribution is 0.403. The SMILES string of the molecule is c1ccc(-c2cccc(-c3cc(-c4ccccc4)cc(C4N=C(n5c6ccccc6c6ccc7c8ccccc8n(-c8c(-c9ccccc9)cccc8-c8ccccc8)c7c65)NC(c5ccccc5)N4)c3)c2)cc1. The van der Waals surface area contributed by atoms with Crippen LogP contribution in [-0.2, 0) is 0 Å². The second kappa shape index (κ2) is 18.2. The van der Waals surface area contributed by atoms with E-state index in [1.54, 1.807) is 0 Å². The zero-order valence-electron chi connectivity index (χ0n) is 40.5. The Kier molecular flexibility index (Phi) is 10.7. The third-order valence-electron chi connectivity index (χ3n) is 14.8. The van der Waals surface area contributed by atoms with Crippen molar-refractivity contribution in [2.75, 3.05) is 0 Å². The molecule has 14 rings (SSSR count). The molecule has 1 aliphatic rings. The van der Waals surface area contributed by atoms with E-state index in [1.165, 1.54) is 21.9 Å². The molecule has 2 aromatic heterocycles. The largest absolute Gasteiger partial charge is 0.336 e. The Morgan fingerprint density at radius 3 is 1.31 bits per heavy atom. The first kappa shape index (κ1) is 43.3. The van der Waals surface area contributed by atoms with Gasteiger partial charge in [0.2, 0.25) is 5.96 Å². The minimum Gasteiger partial charge on any atom is -0.336 e. The maximum Gasteiger partial charge on any atom is 0.206 e. The van der Waals surface area contributed by atoms with Crippen molar-refractivity contribution in [1.29, 1.82) is 0 Å². The fraction of sp³-hybridized carbons (Fsp3) is 0.0290. The van der Waals surface area contributed by atoms with Gasteiger partial charge in [-0.15, -0.1) is 0 Å². The lowest BCUT2D eigenvalue weighted by atomic mass is 9.93. The van der Waals surface area contributed by atoms with Crippen LogP contribution in [0.3, 0.4) is 0 Å². The molecule has 0 saturated carbocycles. The van der Waals surface area contributed by atoms with Crippen LogP contribution in [0, 0.1) is 0 Å². The zero-order valence-corrected chi connectivity index (χ0v) is 40.5. The van der Waals surface area contributed by atoms with Gasteiger partial charge >= 0.3 is 0 Å². The molecule has 0 fully saturated rings. The number of para-hydroxylation sites is 3. The fourth-order valence-electron chi connectivity index (χ4n) is 11.4. The van der Waals surface area contributed by atoms with Crippen LogP contribution < -0.4 is 10.6 Å². The van der Waals surface area contributed by atoms with Crippen LogP contribution in [-0.4, -0.2) is 15.1 Å². The summed E-state index contributed by atoms with van der Waals surface area (Å²) in [6, 6.07) is 98.6.